The summed E-state index contributed by atoms with van der Waals surface area (Å²) >= 11 is 0. The average Bonchev–Trinajstić information content (AvgIpc) is 3.26. The van der Waals surface area contributed by atoms with Gasteiger partial charge in [0.05, 0.1) is 25.4 Å². The molecule has 0 atom stereocenters. The first-order valence-electron chi connectivity index (χ1n) is 9.81. The molecular weight excluding hydrogens is 413 g/mol. The standard InChI is InChI=1S/C24H20FN3O4/c1-32-24-17(11-15-7-9-18(25)10-8-15)12-19(22(30)23(24)31)21(29)20-14-28(27-26-20)13-16-5-3-2-4-6-16/h2-10,12,14,30-31H,11,13H2,1H3. The first kappa shape index (κ1) is 21.0. The molecule has 4 aromatic rings. The fourth-order valence-electron chi connectivity index (χ4n) is 3.44. The van der Waals surface area contributed by atoms with E-state index in [-0.39, 0.29) is 29.2 Å². The third-order valence-electron chi connectivity index (χ3n) is 5.02. The van der Waals surface area contributed by atoms with Gasteiger partial charge in [-0.3, -0.25) is 4.79 Å². The number of phenolic OH excluding ortho intramolecular Hbond substituents is 2. The molecule has 0 unspecified atom stereocenters. The SMILES string of the molecule is COc1c(Cc2ccc(F)cc2)cc(C(=O)c2cn(Cc3ccccc3)nn2)c(O)c1O. The van der Waals surface area contributed by atoms with Gasteiger partial charge in [-0.2, -0.15) is 0 Å². The number of carbonyl (C=O) groups excluding carboxylic acids is 1. The first-order chi connectivity index (χ1) is 15.5. The summed E-state index contributed by atoms with van der Waals surface area (Å²) in [5, 5.41) is 28.8. The molecule has 8 heteroatoms. The lowest BCUT2D eigenvalue weighted by molar-refractivity contribution is 0.103. The van der Waals surface area contributed by atoms with Crippen LogP contribution in [0.5, 0.6) is 17.2 Å². The fraction of sp³-hybridized carbons (Fsp3) is 0.125. The summed E-state index contributed by atoms with van der Waals surface area (Å²) in [6.07, 6.45) is 1.73. The van der Waals surface area contributed by atoms with Crippen molar-refractivity contribution in [2.75, 3.05) is 7.11 Å². The second-order valence-corrected chi connectivity index (χ2v) is 7.23. The molecular formula is C24H20FN3O4. The number of phenols is 2. The predicted molar refractivity (Wildman–Crippen MR) is 115 cm³/mol. The zero-order valence-corrected chi connectivity index (χ0v) is 17.2. The van der Waals surface area contributed by atoms with Crippen molar-refractivity contribution in [3.63, 3.8) is 0 Å². The van der Waals surface area contributed by atoms with E-state index in [4.69, 9.17) is 4.74 Å². The summed E-state index contributed by atoms with van der Waals surface area (Å²) in [6, 6.07) is 16.8. The molecule has 0 fully saturated rings. The van der Waals surface area contributed by atoms with Crippen LogP contribution >= 0.6 is 0 Å². The van der Waals surface area contributed by atoms with Gasteiger partial charge in [0.25, 0.3) is 0 Å². The largest absolute Gasteiger partial charge is 0.504 e. The van der Waals surface area contributed by atoms with Gasteiger partial charge < -0.3 is 14.9 Å². The Labute approximate surface area is 183 Å². The van der Waals surface area contributed by atoms with Crippen molar-refractivity contribution >= 4 is 5.78 Å². The van der Waals surface area contributed by atoms with Gasteiger partial charge in [-0.15, -0.1) is 5.10 Å². The number of carbonyl (C=O) groups is 1. The van der Waals surface area contributed by atoms with Crippen LogP contribution in [0.1, 0.15) is 32.7 Å². The summed E-state index contributed by atoms with van der Waals surface area (Å²) in [5.74, 6) is -2.08. The topological polar surface area (TPSA) is 97.5 Å². The molecule has 0 amide bonds. The smallest absolute Gasteiger partial charge is 0.218 e. The van der Waals surface area contributed by atoms with E-state index in [0.29, 0.717) is 12.1 Å². The van der Waals surface area contributed by atoms with Gasteiger partial charge in [-0.05, 0) is 29.3 Å². The van der Waals surface area contributed by atoms with Gasteiger partial charge in [0, 0.05) is 12.0 Å². The maximum atomic E-state index is 13.2. The lowest BCUT2D eigenvalue weighted by atomic mass is 9.97. The third kappa shape index (κ3) is 4.29. The number of hydrogen-bond donors (Lipinski definition) is 2. The number of rotatable bonds is 7. The van der Waals surface area contributed by atoms with E-state index >= 15 is 0 Å². The molecule has 32 heavy (non-hydrogen) atoms. The highest BCUT2D eigenvalue weighted by Crippen LogP contribution is 2.42. The molecule has 2 N–H and O–H groups in total. The lowest BCUT2D eigenvalue weighted by Gasteiger charge is -2.14. The number of nitrogens with zero attached hydrogens (tertiary/aromatic N) is 3. The number of ether oxygens (including phenoxy) is 1. The molecule has 4 rings (SSSR count). The van der Waals surface area contributed by atoms with Crippen LogP contribution in [0.4, 0.5) is 4.39 Å². The van der Waals surface area contributed by atoms with Crippen LogP contribution in [0.2, 0.25) is 0 Å². The van der Waals surface area contributed by atoms with Crippen LogP contribution in [-0.4, -0.2) is 38.1 Å². The van der Waals surface area contributed by atoms with Gasteiger partial charge in [0.15, 0.2) is 17.2 Å². The zero-order valence-electron chi connectivity index (χ0n) is 17.2. The highest BCUT2D eigenvalue weighted by Gasteiger charge is 2.25. The minimum Gasteiger partial charge on any atom is -0.504 e. The van der Waals surface area contributed by atoms with Crippen molar-refractivity contribution in [1.82, 2.24) is 15.0 Å². The minimum absolute atomic E-state index is 0.0218. The lowest BCUT2D eigenvalue weighted by Crippen LogP contribution is -2.06. The number of hydrogen-bond acceptors (Lipinski definition) is 6. The Bertz CT molecular complexity index is 1250. The summed E-state index contributed by atoms with van der Waals surface area (Å²) < 4.78 is 20.0. The number of aromatic nitrogens is 3. The van der Waals surface area contributed by atoms with Gasteiger partial charge in [-0.1, -0.05) is 47.7 Å². The summed E-state index contributed by atoms with van der Waals surface area (Å²) in [4.78, 5) is 13.1. The molecule has 0 aliphatic rings. The van der Waals surface area contributed by atoms with Crippen LogP contribution in [0, 0.1) is 5.82 Å². The average molecular weight is 433 g/mol. The Hall–Kier alpha value is -4.20. The maximum Gasteiger partial charge on any atom is 0.218 e. The van der Waals surface area contributed by atoms with Crippen molar-refractivity contribution in [2.45, 2.75) is 13.0 Å². The predicted octanol–water partition coefficient (Wildman–Crippen LogP) is 3.71. The van der Waals surface area contributed by atoms with E-state index in [1.54, 1.807) is 12.1 Å². The van der Waals surface area contributed by atoms with Crippen molar-refractivity contribution in [1.29, 1.82) is 0 Å². The van der Waals surface area contributed by atoms with E-state index in [1.165, 1.54) is 36.2 Å². The molecule has 162 valence electrons. The van der Waals surface area contributed by atoms with Crippen molar-refractivity contribution < 1.29 is 24.1 Å². The molecule has 1 heterocycles. The second kappa shape index (κ2) is 8.89. The van der Waals surface area contributed by atoms with E-state index in [0.717, 1.165) is 11.1 Å². The normalized spacial score (nSPS) is 10.8. The van der Waals surface area contributed by atoms with Crippen LogP contribution in [0.15, 0.2) is 66.9 Å². The highest BCUT2D eigenvalue weighted by molar-refractivity contribution is 6.10. The number of aromatic hydroxyl groups is 2. The Morgan fingerprint density at radius 1 is 1.03 bits per heavy atom. The Kier molecular flexibility index (Phi) is 5.85. The molecule has 0 saturated heterocycles. The summed E-state index contributed by atoms with van der Waals surface area (Å²) in [7, 11) is 1.35. The Morgan fingerprint density at radius 2 is 1.75 bits per heavy atom. The van der Waals surface area contributed by atoms with E-state index < -0.39 is 17.3 Å². The zero-order chi connectivity index (χ0) is 22.7. The van der Waals surface area contributed by atoms with Gasteiger partial charge in [-0.25, -0.2) is 9.07 Å². The molecule has 0 radical (unpaired) electrons. The molecule has 0 aliphatic carbocycles. The van der Waals surface area contributed by atoms with Crippen LogP contribution in [0.25, 0.3) is 0 Å². The van der Waals surface area contributed by atoms with Crippen molar-refractivity contribution in [3.05, 3.63) is 101 Å². The van der Waals surface area contributed by atoms with E-state index in [2.05, 4.69) is 10.3 Å². The van der Waals surface area contributed by atoms with E-state index in [1.807, 2.05) is 30.3 Å². The number of halogens is 1. The monoisotopic (exact) mass is 433 g/mol. The number of methoxy groups -OCH3 is 1. The fourth-order valence-corrected chi connectivity index (χ4v) is 3.44. The number of ketones is 1. The van der Waals surface area contributed by atoms with Gasteiger partial charge >= 0.3 is 0 Å². The van der Waals surface area contributed by atoms with Crippen LogP contribution < -0.4 is 4.74 Å². The number of benzene rings is 3. The highest BCUT2D eigenvalue weighted by atomic mass is 19.1. The summed E-state index contributed by atoms with van der Waals surface area (Å²) in [6.45, 7) is 0.427. The third-order valence-corrected chi connectivity index (χ3v) is 5.02. The van der Waals surface area contributed by atoms with Crippen LogP contribution in [-0.2, 0) is 13.0 Å². The Morgan fingerprint density at radius 3 is 2.44 bits per heavy atom. The first-order valence-corrected chi connectivity index (χ1v) is 9.81. The molecule has 0 aliphatic heterocycles. The maximum absolute atomic E-state index is 13.2. The molecule has 0 bridgehead atoms. The van der Waals surface area contributed by atoms with Crippen molar-refractivity contribution in [2.24, 2.45) is 0 Å². The second-order valence-electron chi connectivity index (χ2n) is 7.23. The van der Waals surface area contributed by atoms with Crippen LogP contribution in [0.3, 0.4) is 0 Å². The quantitative estimate of drug-likeness (QED) is 0.341. The summed E-state index contributed by atoms with van der Waals surface area (Å²) in [5.41, 5.74) is 2.07. The van der Waals surface area contributed by atoms with E-state index in [9.17, 15) is 19.4 Å². The van der Waals surface area contributed by atoms with Gasteiger partial charge in [0.2, 0.25) is 11.5 Å². The molecule has 1 aromatic heterocycles. The molecule has 7 nitrogen and oxygen atoms in total. The molecule has 0 spiro atoms. The minimum atomic E-state index is -0.604. The molecule has 3 aromatic carbocycles. The van der Waals surface area contributed by atoms with Gasteiger partial charge in [0.1, 0.15) is 5.82 Å². The van der Waals surface area contributed by atoms with Crippen molar-refractivity contribution in [3.8, 4) is 17.2 Å². The Balaban J connectivity index is 1.66. The molecule has 0 saturated carbocycles.